The van der Waals surface area contributed by atoms with Crippen molar-refractivity contribution in [3.05, 3.63) is 71.8 Å². The van der Waals surface area contributed by atoms with Crippen LogP contribution in [0.5, 0.6) is 17.2 Å². The number of benzene rings is 3. The zero-order chi connectivity index (χ0) is 28.5. The van der Waals surface area contributed by atoms with Crippen LogP contribution in [0.2, 0.25) is 0 Å². The fourth-order valence-corrected chi connectivity index (χ4v) is 4.78. The van der Waals surface area contributed by atoms with E-state index in [1.54, 1.807) is 44.6 Å². The number of hydrogen-bond acceptors (Lipinski definition) is 8. The topological polar surface area (TPSA) is 102 Å². The summed E-state index contributed by atoms with van der Waals surface area (Å²) in [5, 5.41) is 5.80. The van der Waals surface area contributed by atoms with E-state index in [9.17, 15) is 9.59 Å². The Balaban J connectivity index is 1.58. The fourth-order valence-electron chi connectivity index (χ4n) is 4.78. The molecule has 4 rings (SSSR count). The molecule has 10 nitrogen and oxygen atoms in total. The van der Waals surface area contributed by atoms with E-state index < -0.39 is 5.91 Å². The van der Waals surface area contributed by atoms with Gasteiger partial charge in [-0.2, -0.15) is 0 Å². The van der Waals surface area contributed by atoms with Crippen LogP contribution in [-0.2, 0) is 4.74 Å². The van der Waals surface area contributed by atoms with Crippen molar-refractivity contribution in [2.75, 3.05) is 82.9 Å². The molecule has 0 atom stereocenters. The molecule has 0 saturated carbocycles. The number of hydrogen-bond donors (Lipinski definition) is 2. The molecule has 1 fully saturated rings. The van der Waals surface area contributed by atoms with Gasteiger partial charge in [0.25, 0.3) is 11.8 Å². The van der Waals surface area contributed by atoms with Crippen LogP contribution in [0.1, 0.15) is 20.7 Å². The lowest BCUT2D eigenvalue weighted by Crippen LogP contribution is -2.47. The maximum Gasteiger partial charge on any atom is 0.263 e. The number of nitrogens with one attached hydrogen (secondary N) is 2. The third-order valence-electron chi connectivity index (χ3n) is 6.79. The van der Waals surface area contributed by atoms with Gasteiger partial charge in [0.2, 0.25) is 0 Å². The Morgan fingerprint density at radius 2 is 1.32 bits per heavy atom. The highest BCUT2D eigenvalue weighted by molar-refractivity contribution is 6.09. The van der Waals surface area contributed by atoms with Crippen LogP contribution in [0.3, 0.4) is 0 Å². The molecule has 1 heterocycles. The van der Waals surface area contributed by atoms with Gasteiger partial charge in [0.1, 0.15) is 22.8 Å². The highest BCUT2D eigenvalue weighted by atomic mass is 16.5. The molecule has 3 aromatic carbocycles. The van der Waals surface area contributed by atoms with E-state index in [-0.39, 0.29) is 11.5 Å². The Morgan fingerprint density at radius 3 is 1.95 bits per heavy atom. The van der Waals surface area contributed by atoms with Crippen LogP contribution in [0, 0.1) is 0 Å². The number of nitrogens with zero attached hydrogens (tertiary/aromatic N) is 2. The SMILES string of the molecule is COCCNC(=O)c1cc(NC(=O)c2c(OC)cccc2OC)ccc1N1CCN(c2ccccc2OC)CC1. The van der Waals surface area contributed by atoms with Crippen LogP contribution >= 0.6 is 0 Å². The summed E-state index contributed by atoms with van der Waals surface area (Å²) in [4.78, 5) is 31.0. The number of para-hydroxylation sites is 2. The first-order valence-corrected chi connectivity index (χ1v) is 13.1. The molecule has 0 bridgehead atoms. The lowest BCUT2D eigenvalue weighted by molar-refractivity contribution is 0.0936. The van der Waals surface area contributed by atoms with Crippen LogP contribution in [0.25, 0.3) is 0 Å². The molecule has 0 radical (unpaired) electrons. The summed E-state index contributed by atoms with van der Waals surface area (Å²) < 4.78 is 21.4. The van der Waals surface area contributed by atoms with E-state index in [0.717, 1.165) is 30.2 Å². The molecule has 1 saturated heterocycles. The van der Waals surface area contributed by atoms with Gasteiger partial charge in [-0.15, -0.1) is 0 Å². The van der Waals surface area contributed by atoms with Crippen LogP contribution in [0.4, 0.5) is 17.1 Å². The molecule has 2 N–H and O–H groups in total. The van der Waals surface area contributed by atoms with E-state index in [1.807, 2.05) is 24.3 Å². The maximum absolute atomic E-state index is 13.3. The van der Waals surface area contributed by atoms with E-state index in [2.05, 4.69) is 26.5 Å². The number of methoxy groups -OCH3 is 4. The van der Waals surface area contributed by atoms with Gasteiger partial charge in [-0.3, -0.25) is 9.59 Å². The van der Waals surface area contributed by atoms with Crippen molar-refractivity contribution in [2.45, 2.75) is 0 Å². The minimum atomic E-state index is -0.404. The summed E-state index contributed by atoms with van der Waals surface area (Å²) in [6, 6.07) is 18.5. The lowest BCUT2D eigenvalue weighted by Gasteiger charge is -2.38. The number of piperazine rings is 1. The molecule has 0 aromatic heterocycles. The summed E-state index contributed by atoms with van der Waals surface area (Å²) in [5.74, 6) is 0.960. The second-order valence-electron chi connectivity index (χ2n) is 9.12. The molecule has 0 unspecified atom stereocenters. The van der Waals surface area contributed by atoms with Gasteiger partial charge in [0, 0.05) is 51.2 Å². The molecule has 0 aliphatic carbocycles. The highest BCUT2D eigenvalue weighted by Gasteiger charge is 2.25. The Kier molecular flexibility index (Phi) is 9.69. The third kappa shape index (κ3) is 6.40. The molecule has 1 aliphatic heterocycles. The second-order valence-corrected chi connectivity index (χ2v) is 9.12. The first-order valence-electron chi connectivity index (χ1n) is 13.1. The van der Waals surface area contributed by atoms with E-state index >= 15 is 0 Å². The Morgan fingerprint density at radius 1 is 0.725 bits per heavy atom. The van der Waals surface area contributed by atoms with Gasteiger partial charge in [0.15, 0.2) is 0 Å². The van der Waals surface area contributed by atoms with Crippen molar-refractivity contribution in [1.82, 2.24) is 5.32 Å². The number of ether oxygens (including phenoxy) is 4. The molecule has 2 amide bonds. The Hall–Kier alpha value is -4.44. The molecule has 40 heavy (non-hydrogen) atoms. The number of carbonyl (C=O) groups is 2. The second kappa shape index (κ2) is 13.6. The molecular formula is C30H36N4O6. The number of amides is 2. The number of carbonyl (C=O) groups excluding carboxylic acids is 2. The maximum atomic E-state index is 13.3. The van der Waals surface area contributed by atoms with Gasteiger partial charge < -0.3 is 39.4 Å². The number of rotatable bonds is 11. The normalized spacial score (nSPS) is 13.0. The standard InChI is InChI=1S/C30H36N4O6/c1-37-19-14-31-29(35)22-20-21(32-30(36)28-26(39-3)10-7-11-27(28)40-4)12-13-23(22)33-15-17-34(18-16-33)24-8-5-6-9-25(24)38-2/h5-13,20H,14-19H2,1-4H3,(H,31,35)(H,32,36). The van der Waals surface area contributed by atoms with Gasteiger partial charge in [-0.05, 0) is 42.5 Å². The van der Waals surface area contributed by atoms with Crippen molar-refractivity contribution in [3.8, 4) is 17.2 Å². The van der Waals surface area contributed by atoms with Crippen LogP contribution < -0.4 is 34.6 Å². The van der Waals surface area contributed by atoms with E-state index in [0.29, 0.717) is 49.0 Å². The minimum absolute atomic E-state index is 0.245. The minimum Gasteiger partial charge on any atom is -0.496 e. The fraction of sp³-hybridized carbons (Fsp3) is 0.333. The zero-order valence-corrected chi connectivity index (χ0v) is 23.4. The number of anilines is 3. The van der Waals surface area contributed by atoms with Crippen molar-refractivity contribution >= 4 is 28.9 Å². The quantitative estimate of drug-likeness (QED) is 0.350. The summed E-state index contributed by atoms with van der Waals surface area (Å²) in [5.41, 5.74) is 3.06. The average molecular weight is 549 g/mol. The van der Waals surface area contributed by atoms with Crippen molar-refractivity contribution in [3.63, 3.8) is 0 Å². The summed E-state index contributed by atoms with van der Waals surface area (Å²) >= 11 is 0. The van der Waals surface area contributed by atoms with Crippen molar-refractivity contribution < 1.29 is 28.5 Å². The monoisotopic (exact) mass is 548 g/mol. The molecule has 0 spiro atoms. The van der Waals surface area contributed by atoms with Crippen molar-refractivity contribution in [2.24, 2.45) is 0 Å². The molecule has 1 aliphatic rings. The van der Waals surface area contributed by atoms with Gasteiger partial charge in [-0.25, -0.2) is 0 Å². The molecule has 3 aromatic rings. The molecular weight excluding hydrogens is 512 g/mol. The lowest BCUT2D eigenvalue weighted by atomic mass is 10.1. The Labute approximate surface area is 234 Å². The predicted molar refractivity (Wildman–Crippen MR) is 156 cm³/mol. The zero-order valence-electron chi connectivity index (χ0n) is 23.4. The average Bonchev–Trinajstić information content (AvgIpc) is 3.00. The first-order chi connectivity index (χ1) is 19.5. The first kappa shape index (κ1) is 28.6. The summed E-state index contributed by atoms with van der Waals surface area (Å²) in [6.45, 7) is 3.70. The van der Waals surface area contributed by atoms with Gasteiger partial charge in [0.05, 0.1) is 39.2 Å². The van der Waals surface area contributed by atoms with Crippen LogP contribution in [0.15, 0.2) is 60.7 Å². The predicted octanol–water partition coefficient (Wildman–Crippen LogP) is 3.67. The highest BCUT2D eigenvalue weighted by Crippen LogP contribution is 2.32. The Bertz CT molecular complexity index is 1300. The van der Waals surface area contributed by atoms with Gasteiger partial charge >= 0.3 is 0 Å². The van der Waals surface area contributed by atoms with E-state index in [1.165, 1.54) is 14.2 Å². The van der Waals surface area contributed by atoms with E-state index in [4.69, 9.17) is 18.9 Å². The summed E-state index contributed by atoms with van der Waals surface area (Å²) in [7, 11) is 6.25. The smallest absolute Gasteiger partial charge is 0.263 e. The van der Waals surface area contributed by atoms with Gasteiger partial charge in [-0.1, -0.05) is 18.2 Å². The largest absolute Gasteiger partial charge is 0.496 e. The molecule has 212 valence electrons. The molecule has 10 heteroatoms. The van der Waals surface area contributed by atoms with Crippen molar-refractivity contribution in [1.29, 1.82) is 0 Å². The van der Waals surface area contributed by atoms with Crippen LogP contribution in [-0.4, -0.2) is 79.6 Å². The summed E-state index contributed by atoms with van der Waals surface area (Å²) in [6.07, 6.45) is 0. The third-order valence-corrected chi connectivity index (χ3v) is 6.79.